The Bertz CT molecular complexity index is 294. The maximum atomic E-state index is 11.3. The van der Waals surface area contributed by atoms with E-state index in [2.05, 4.69) is 9.53 Å². The summed E-state index contributed by atoms with van der Waals surface area (Å²) in [7, 11) is 0. The molecule has 0 aromatic heterocycles. The fourth-order valence-electron chi connectivity index (χ4n) is 0.975. The van der Waals surface area contributed by atoms with Gasteiger partial charge in [-0.25, -0.2) is 4.79 Å². The molecule has 0 spiro atoms. The SMILES string of the molecule is CCOC(=O)C(=[N+]=[N-])C(CC)OC(C)=O. The minimum absolute atomic E-state index is 0.161. The largest absolute Gasteiger partial charge is 0.457 e. The second-order valence-electron chi connectivity index (χ2n) is 2.71. The Morgan fingerprint density at radius 3 is 2.33 bits per heavy atom. The zero-order chi connectivity index (χ0) is 11.8. The van der Waals surface area contributed by atoms with Gasteiger partial charge >= 0.3 is 17.7 Å². The van der Waals surface area contributed by atoms with Crippen LogP contribution in [0.1, 0.15) is 27.2 Å². The Hall–Kier alpha value is -1.68. The van der Waals surface area contributed by atoms with Gasteiger partial charge < -0.3 is 15.0 Å². The molecule has 0 aromatic carbocycles. The lowest BCUT2D eigenvalue weighted by molar-refractivity contribution is -0.149. The van der Waals surface area contributed by atoms with Crippen molar-refractivity contribution in [2.75, 3.05) is 6.61 Å². The molecule has 0 bridgehead atoms. The van der Waals surface area contributed by atoms with Crippen LogP contribution >= 0.6 is 0 Å². The molecule has 15 heavy (non-hydrogen) atoms. The van der Waals surface area contributed by atoms with Crippen LogP contribution in [0.5, 0.6) is 0 Å². The van der Waals surface area contributed by atoms with Gasteiger partial charge in [-0.2, -0.15) is 4.79 Å². The molecule has 0 fully saturated rings. The lowest BCUT2D eigenvalue weighted by Gasteiger charge is -2.09. The summed E-state index contributed by atoms with van der Waals surface area (Å²) in [5.41, 5.74) is 8.34. The van der Waals surface area contributed by atoms with Gasteiger partial charge in [-0.05, 0) is 13.3 Å². The number of hydrogen-bond donors (Lipinski definition) is 0. The number of ether oxygens (including phenoxy) is 2. The van der Waals surface area contributed by atoms with E-state index in [0.717, 1.165) is 0 Å². The third kappa shape index (κ3) is 4.37. The first-order valence-electron chi connectivity index (χ1n) is 4.63. The molecular weight excluding hydrogens is 200 g/mol. The van der Waals surface area contributed by atoms with E-state index in [1.54, 1.807) is 13.8 Å². The molecule has 6 nitrogen and oxygen atoms in total. The van der Waals surface area contributed by atoms with Gasteiger partial charge in [0.25, 0.3) is 0 Å². The second-order valence-corrected chi connectivity index (χ2v) is 2.71. The molecule has 6 heteroatoms. The van der Waals surface area contributed by atoms with E-state index in [0.29, 0.717) is 6.42 Å². The summed E-state index contributed by atoms with van der Waals surface area (Å²) in [5, 5.41) is 0. The van der Waals surface area contributed by atoms with Gasteiger partial charge in [0, 0.05) is 6.92 Å². The molecule has 1 unspecified atom stereocenters. The summed E-state index contributed by atoms with van der Waals surface area (Å²) >= 11 is 0. The first kappa shape index (κ1) is 13.3. The van der Waals surface area contributed by atoms with Crippen molar-refractivity contribution in [2.45, 2.75) is 33.3 Å². The zero-order valence-electron chi connectivity index (χ0n) is 9.02. The molecule has 0 aliphatic heterocycles. The predicted octanol–water partition coefficient (Wildman–Crippen LogP) is 0.562. The van der Waals surface area contributed by atoms with E-state index in [9.17, 15) is 9.59 Å². The summed E-state index contributed by atoms with van der Waals surface area (Å²) in [6.07, 6.45) is -0.538. The molecule has 0 heterocycles. The zero-order valence-corrected chi connectivity index (χ0v) is 9.02. The van der Waals surface area contributed by atoms with Crippen LogP contribution in [0.4, 0.5) is 0 Å². The Balaban J connectivity index is 4.70. The highest BCUT2D eigenvalue weighted by Gasteiger charge is 2.33. The van der Waals surface area contributed by atoms with Gasteiger partial charge in [0.2, 0.25) is 6.10 Å². The Morgan fingerprint density at radius 1 is 1.40 bits per heavy atom. The molecule has 0 aliphatic carbocycles. The van der Waals surface area contributed by atoms with Crippen molar-refractivity contribution >= 4 is 17.7 Å². The normalized spacial score (nSPS) is 11.1. The van der Waals surface area contributed by atoms with Crippen LogP contribution < -0.4 is 0 Å². The number of rotatable bonds is 5. The number of esters is 2. The molecule has 84 valence electrons. The van der Waals surface area contributed by atoms with Crippen molar-refractivity contribution in [3.8, 4) is 0 Å². The minimum atomic E-state index is -0.869. The monoisotopic (exact) mass is 214 g/mol. The molecule has 0 rings (SSSR count). The third-order valence-corrected chi connectivity index (χ3v) is 1.58. The van der Waals surface area contributed by atoms with E-state index in [4.69, 9.17) is 10.3 Å². The Morgan fingerprint density at radius 2 is 2.00 bits per heavy atom. The summed E-state index contributed by atoms with van der Waals surface area (Å²) in [6, 6.07) is 0. The van der Waals surface area contributed by atoms with E-state index in [-0.39, 0.29) is 12.3 Å². The maximum absolute atomic E-state index is 11.3. The van der Waals surface area contributed by atoms with Crippen LogP contribution in [0.2, 0.25) is 0 Å². The molecule has 0 aromatic rings. The van der Waals surface area contributed by atoms with Crippen LogP contribution in [-0.2, 0) is 19.1 Å². The highest BCUT2D eigenvalue weighted by Crippen LogP contribution is 2.02. The van der Waals surface area contributed by atoms with Crippen LogP contribution in [0.25, 0.3) is 5.53 Å². The smallest absolute Gasteiger partial charge is 0.421 e. The number of hydrogen-bond acceptors (Lipinski definition) is 4. The topological polar surface area (TPSA) is 89.0 Å². The maximum Gasteiger partial charge on any atom is 0.421 e. The van der Waals surface area contributed by atoms with E-state index in [1.807, 2.05) is 0 Å². The Labute approximate surface area is 87.8 Å². The lowest BCUT2D eigenvalue weighted by Crippen LogP contribution is -2.34. The molecular formula is C9H14N2O4. The summed E-state index contributed by atoms with van der Waals surface area (Å²) in [4.78, 5) is 24.8. The highest BCUT2D eigenvalue weighted by molar-refractivity contribution is 6.35. The van der Waals surface area contributed by atoms with Crippen molar-refractivity contribution in [3.05, 3.63) is 5.53 Å². The van der Waals surface area contributed by atoms with Gasteiger partial charge in [0.1, 0.15) is 0 Å². The minimum Gasteiger partial charge on any atom is -0.457 e. The number of carbonyl (C=O) groups is 2. The van der Waals surface area contributed by atoms with Crippen LogP contribution in [0, 0.1) is 0 Å². The summed E-state index contributed by atoms with van der Waals surface area (Å²) in [6.45, 7) is 4.69. The molecule has 0 saturated carbocycles. The first-order chi connectivity index (χ1) is 7.06. The number of nitrogens with zero attached hydrogens (tertiary/aromatic N) is 2. The Kier molecular flexibility index (Phi) is 5.97. The van der Waals surface area contributed by atoms with Crippen molar-refractivity contribution in [3.63, 3.8) is 0 Å². The van der Waals surface area contributed by atoms with Gasteiger partial charge in [0.15, 0.2) is 0 Å². The van der Waals surface area contributed by atoms with Crippen LogP contribution in [0.15, 0.2) is 0 Å². The molecule has 0 saturated heterocycles. The summed E-state index contributed by atoms with van der Waals surface area (Å²) in [5.74, 6) is -1.33. The first-order valence-corrected chi connectivity index (χ1v) is 4.63. The van der Waals surface area contributed by atoms with Crippen molar-refractivity contribution in [2.24, 2.45) is 0 Å². The number of carbonyl (C=O) groups excluding carboxylic acids is 2. The van der Waals surface area contributed by atoms with Gasteiger partial charge in [-0.1, -0.05) is 6.92 Å². The fraction of sp³-hybridized carbons (Fsp3) is 0.667. The fourth-order valence-corrected chi connectivity index (χ4v) is 0.975. The van der Waals surface area contributed by atoms with Crippen LogP contribution in [0.3, 0.4) is 0 Å². The average molecular weight is 214 g/mol. The van der Waals surface area contributed by atoms with Crippen molar-refractivity contribution in [1.82, 2.24) is 0 Å². The molecule has 0 N–H and O–H groups in total. The van der Waals surface area contributed by atoms with Gasteiger partial charge in [0.05, 0.1) is 6.61 Å². The molecule has 0 aliphatic rings. The lowest BCUT2D eigenvalue weighted by atomic mass is 10.1. The predicted molar refractivity (Wildman–Crippen MR) is 51.1 cm³/mol. The average Bonchev–Trinajstić information content (AvgIpc) is 2.17. The highest BCUT2D eigenvalue weighted by atomic mass is 16.6. The van der Waals surface area contributed by atoms with Gasteiger partial charge in [-0.3, -0.25) is 4.79 Å². The van der Waals surface area contributed by atoms with Gasteiger partial charge in [-0.15, -0.1) is 0 Å². The van der Waals surface area contributed by atoms with E-state index < -0.39 is 18.0 Å². The summed E-state index contributed by atoms with van der Waals surface area (Å²) < 4.78 is 9.43. The van der Waals surface area contributed by atoms with Crippen LogP contribution in [-0.4, -0.2) is 35.2 Å². The quantitative estimate of drug-likeness (QED) is 0.289. The molecule has 0 radical (unpaired) electrons. The van der Waals surface area contributed by atoms with Crippen molar-refractivity contribution < 1.29 is 23.9 Å². The third-order valence-electron chi connectivity index (χ3n) is 1.58. The van der Waals surface area contributed by atoms with E-state index >= 15 is 0 Å². The van der Waals surface area contributed by atoms with E-state index in [1.165, 1.54) is 6.92 Å². The molecule has 1 atom stereocenters. The standard InChI is InChI=1S/C9H14N2O4/c1-4-7(15-6(3)12)8(11-10)9(13)14-5-2/h7H,4-5H2,1-3H3. The second kappa shape index (κ2) is 6.73. The molecule has 0 amide bonds. The van der Waals surface area contributed by atoms with Crippen molar-refractivity contribution in [1.29, 1.82) is 0 Å².